The molecule has 1 amide bonds. The molecular formula is C14H16N2O3. The number of aromatic carboxylic acids is 1. The van der Waals surface area contributed by atoms with Crippen LogP contribution in [-0.4, -0.2) is 22.6 Å². The summed E-state index contributed by atoms with van der Waals surface area (Å²) >= 11 is 0. The number of hydrogen-bond acceptors (Lipinski definition) is 3. The van der Waals surface area contributed by atoms with Gasteiger partial charge in [-0.3, -0.25) is 10.1 Å². The van der Waals surface area contributed by atoms with Gasteiger partial charge in [0, 0.05) is 0 Å². The van der Waals surface area contributed by atoms with Gasteiger partial charge in [0.05, 0.1) is 11.2 Å². The lowest BCUT2D eigenvalue weighted by atomic mass is 10.00. The monoisotopic (exact) mass is 260 g/mol. The molecule has 1 aliphatic heterocycles. The molecule has 3 rings (SSSR count). The number of nitrogens with one attached hydrogen (secondary N) is 2. The van der Waals surface area contributed by atoms with E-state index in [1.54, 1.807) is 18.2 Å². The van der Waals surface area contributed by atoms with Crippen LogP contribution in [0.3, 0.4) is 0 Å². The lowest BCUT2D eigenvalue weighted by molar-refractivity contribution is -0.121. The summed E-state index contributed by atoms with van der Waals surface area (Å²) in [4.78, 5) is 23.4. The molecule has 3 N–H and O–H groups in total. The minimum absolute atomic E-state index is 0.129. The fourth-order valence-electron chi connectivity index (χ4n) is 3.10. The summed E-state index contributed by atoms with van der Waals surface area (Å²) in [6.45, 7) is 0. The van der Waals surface area contributed by atoms with E-state index in [0.717, 1.165) is 25.7 Å². The molecule has 1 saturated carbocycles. The van der Waals surface area contributed by atoms with Crippen LogP contribution in [0.5, 0.6) is 0 Å². The van der Waals surface area contributed by atoms with Crippen molar-refractivity contribution >= 4 is 11.9 Å². The molecule has 0 bridgehead atoms. The highest BCUT2D eigenvalue weighted by Gasteiger charge is 2.46. The van der Waals surface area contributed by atoms with Crippen LogP contribution in [-0.2, 0) is 4.79 Å². The number of carbonyl (C=O) groups excluding carboxylic acids is 1. The zero-order valence-electron chi connectivity index (χ0n) is 10.5. The Bertz CT molecular complexity index is 535. The van der Waals surface area contributed by atoms with Crippen molar-refractivity contribution in [3.8, 4) is 0 Å². The van der Waals surface area contributed by atoms with Crippen LogP contribution in [0.2, 0.25) is 0 Å². The molecule has 0 unspecified atom stereocenters. The third kappa shape index (κ3) is 2.00. The molecule has 1 saturated heterocycles. The molecule has 5 nitrogen and oxygen atoms in total. The van der Waals surface area contributed by atoms with Crippen molar-refractivity contribution in [3.05, 3.63) is 35.4 Å². The van der Waals surface area contributed by atoms with Crippen LogP contribution in [0, 0.1) is 0 Å². The van der Waals surface area contributed by atoms with Crippen molar-refractivity contribution in [2.24, 2.45) is 0 Å². The molecule has 1 atom stereocenters. The molecule has 1 aromatic carbocycles. The first-order chi connectivity index (χ1) is 9.11. The molecule has 19 heavy (non-hydrogen) atoms. The van der Waals surface area contributed by atoms with Gasteiger partial charge in [-0.2, -0.15) is 0 Å². The molecule has 1 aromatic rings. The number of carboxylic acids is 1. The van der Waals surface area contributed by atoms with Gasteiger partial charge in [0.2, 0.25) is 5.91 Å². The topological polar surface area (TPSA) is 78.4 Å². The van der Waals surface area contributed by atoms with Crippen LogP contribution in [0.4, 0.5) is 0 Å². The third-order valence-electron chi connectivity index (χ3n) is 4.00. The van der Waals surface area contributed by atoms with Gasteiger partial charge in [-0.25, -0.2) is 4.79 Å². The Balaban J connectivity index is 1.95. The second-order valence-corrected chi connectivity index (χ2v) is 5.25. The Morgan fingerprint density at radius 2 is 1.95 bits per heavy atom. The fraction of sp³-hybridized carbons (Fsp3) is 0.429. The van der Waals surface area contributed by atoms with Crippen molar-refractivity contribution in [1.82, 2.24) is 10.6 Å². The summed E-state index contributed by atoms with van der Waals surface area (Å²) in [7, 11) is 0. The van der Waals surface area contributed by atoms with Gasteiger partial charge in [0.1, 0.15) is 6.04 Å². The van der Waals surface area contributed by atoms with Crippen LogP contribution >= 0.6 is 0 Å². The van der Waals surface area contributed by atoms with E-state index in [0.29, 0.717) is 5.56 Å². The molecule has 1 aliphatic carbocycles. The van der Waals surface area contributed by atoms with Crippen LogP contribution < -0.4 is 10.6 Å². The summed E-state index contributed by atoms with van der Waals surface area (Å²) in [5.41, 5.74) is 0.398. The van der Waals surface area contributed by atoms with E-state index in [2.05, 4.69) is 10.6 Å². The van der Waals surface area contributed by atoms with Crippen molar-refractivity contribution in [1.29, 1.82) is 0 Å². The average molecular weight is 260 g/mol. The first-order valence-corrected chi connectivity index (χ1v) is 6.53. The molecule has 2 fully saturated rings. The maximum absolute atomic E-state index is 12.1. The van der Waals surface area contributed by atoms with Crippen molar-refractivity contribution < 1.29 is 14.7 Å². The Morgan fingerprint density at radius 3 is 2.63 bits per heavy atom. The minimum atomic E-state index is -1.00. The molecule has 1 spiro atoms. The highest BCUT2D eigenvalue weighted by Crippen LogP contribution is 2.35. The van der Waals surface area contributed by atoms with E-state index in [-0.39, 0.29) is 17.1 Å². The zero-order valence-corrected chi connectivity index (χ0v) is 10.5. The molecule has 0 radical (unpaired) electrons. The summed E-state index contributed by atoms with van der Waals surface area (Å²) in [6.07, 6.45) is 3.98. The first kappa shape index (κ1) is 12.2. The SMILES string of the molecule is O=C(O)c1ccccc1[C@@H]1NC2(CCCC2)NC1=O. The quantitative estimate of drug-likeness (QED) is 0.751. The molecule has 5 heteroatoms. The average Bonchev–Trinajstić information content (AvgIpc) is 2.97. The van der Waals surface area contributed by atoms with E-state index in [4.69, 9.17) is 0 Å². The van der Waals surface area contributed by atoms with E-state index in [9.17, 15) is 14.7 Å². The Morgan fingerprint density at radius 1 is 1.26 bits per heavy atom. The Kier molecular flexibility index (Phi) is 2.78. The van der Waals surface area contributed by atoms with Gasteiger partial charge >= 0.3 is 5.97 Å². The minimum Gasteiger partial charge on any atom is -0.478 e. The summed E-state index contributed by atoms with van der Waals surface area (Å²) in [6, 6.07) is 6.10. The van der Waals surface area contributed by atoms with E-state index < -0.39 is 12.0 Å². The number of benzene rings is 1. The van der Waals surface area contributed by atoms with E-state index in [1.165, 1.54) is 6.07 Å². The second kappa shape index (κ2) is 4.35. The zero-order chi connectivity index (χ0) is 13.5. The number of amides is 1. The highest BCUT2D eigenvalue weighted by molar-refractivity contribution is 5.94. The lowest BCUT2D eigenvalue weighted by Gasteiger charge is -2.24. The second-order valence-electron chi connectivity index (χ2n) is 5.25. The summed E-state index contributed by atoms with van der Waals surface area (Å²) in [5.74, 6) is -1.13. The molecular weight excluding hydrogens is 244 g/mol. The van der Waals surface area contributed by atoms with Gasteiger partial charge in [-0.15, -0.1) is 0 Å². The van der Waals surface area contributed by atoms with Gasteiger partial charge in [0.25, 0.3) is 0 Å². The van der Waals surface area contributed by atoms with Gasteiger partial charge in [-0.05, 0) is 37.3 Å². The lowest BCUT2D eigenvalue weighted by Crippen LogP contribution is -2.46. The maximum atomic E-state index is 12.1. The summed E-state index contributed by atoms with van der Waals surface area (Å²) in [5, 5.41) is 15.5. The Hall–Kier alpha value is -1.88. The molecule has 100 valence electrons. The normalized spacial score (nSPS) is 24.6. The van der Waals surface area contributed by atoms with Crippen molar-refractivity contribution in [3.63, 3.8) is 0 Å². The molecule has 0 aromatic heterocycles. The van der Waals surface area contributed by atoms with Crippen molar-refractivity contribution in [2.75, 3.05) is 0 Å². The van der Waals surface area contributed by atoms with E-state index >= 15 is 0 Å². The van der Waals surface area contributed by atoms with Crippen LogP contribution in [0.1, 0.15) is 47.6 Å². The fourth-order valence-corrected chi connectivity index (χ4v) is 3.10. The standard InChI is InChI=1S/C14H16N2O3/c17-12-11(15-14(16-12)7-3-4-8-14)9-5-1-2-6-10(9)13(18)19/h1-2,5-6,11,15H,3-4,7-8H2,(H,16,17)(H,18,19)/t11-/m0/s1. The summed E-state index contributed by atoms with van der Waals surface area (Å²) < 4.78 is 0. The van der Waals surface area contributed by atoms with E-state index in [1.807, 2.05) is 0 Å². The van der Waals surface area contributed by atoms with Gasteiger partial charge in [0.15, 0.2) is 0 Å². The highest BCUT2D eigenvalue weighted by atomic mass is 16.4. The number of carboxylic acid groups (broad SMARTS) is 1. The predicted octanol–water partition coefficient (Wildman–Crippen LogP) is 1.42. The van der Waals surface area contributed by atoms with Crippen LogP contribution in [0.25, 0.3) is 0 Å². The molecule has 2 aliphatic rings. The number of hydrogen-bond donors (Lipinski definition) is 3. The largest absolute Gasteiger partial charge is 0.478 e. The van der Waals surface area contributed by atoms with Gasteiger partial charge < -0.3 is 10.4 Å². The predicted molar refractivity (Wildman–Crippen MR) is 68.6 cm³/mol. The Labute approximate surface area is 111 Å². The number of carbonyl (C=O) groups is 2. The maximum Gasteiger partial charge on any atom is 0.336 e. The molecule has 1 heterocycles. The number of rotatable bonds is 2. The van der Waals surface area contributed by atoms with Crippen molar-refractivity contribution in [2.45, 2.75) is 37.4 Å². The van der Waals surface area contributed by atoms with Crippen LogP contribution in [0.15, 0.2) is 24.3 Å². The first-order valence-electron chi connectivity index (χ1n) is 6.53. The third-order valence-corrected chi connectivity index (χ3v) is 4.00. The van der Waals surface area contributed by atoms with Gasteiger partial charge in [-0.1, -0.05) is 18.2 Å². The smallest absolute Gasteiger partial charge is 0.336 e.